The number of rotatable bonds is 5. The molecule has 0 atom stereocenters. The largest absolute Gasteiger partial charge is 0.350 e. The standard InChI is InChI=1S/C9H10ClN5O2/c1-2-14(5-3-4-11)9-7(15(16)17)8(10)12-6-13-9/h6H,2-3,5H2,1H3. The van der Waals surface area contributed by atoms with Crippen molar-refractivity contribution in [3.63, 3.8) is 0 Å². The fourth-order valence-electron chi connectivity index (χ4n) is 1.34. The van der Waals surface area contributed by atoms with Gasteiger partial charge in [-0.1, -0.05) is 11.6 Å². The second-order valence-corrected chi connectivity index (χ2v) is 3.44. The fraction of sp³-hybridized carbons (Fsp3) is 0.444. The Morgan fingerprint density at radius 2 is 2.35 bits per heavy atom. The molecule has 0 amide bonds. The molecule has 0 aliphatic rings. The summed E-state index contributed by atoms with van der Waals surface area (Å²) in [6.07, 6.45) is 1.42. The first-order valence-corrected chi connectivity index (χ1v) is 5.26. The van der Waals surface area contributed by atoms with Gasteiger partial charge < -0.3 is 4.90 Å². The van der Waals surface area contributed by atoms with Crippen LogP contribution in [-0.4, -0.2) is 28.0 Å². The van der Waals surface area contributed by atoms with Crippen molar-refractivity contribution in [1.82, 2.24) is 9.97 Å². The lowest BCUT2D eigenvalue weighted by Crippen LogP contribution is -2.25. The van der Waals surface area contributed by atoms with Crippen molar-refractivity contribution in [2.45, 2.75) is 13.3 Å². The molecule has 0 unspecified atom stereocenters. The van der Waals surface area contributed by atoms with E-state index in [1.807, 2.05) is 13.0 Å². The zero-order valence-electron chi connectivity index (χ0n) is 9.13. The molecule has 0 fully saturated rings. The van der Waals surface area contributed by atoms with Crippen LogP contribution in [0.2, 0.25) is 5.15 Å². The van der Waals surface area contributed by atoms with Crippen molar-refractivity contribution in [2.24, 2.45) is 0 Å². The first-order valence-electron chi connectivity index (χ1n) is 4.88. The Morgan fingerprint density at radius 3 is 2.88 bits per heavy atom. The molecule has 0 radical (unpaired) electrons. The molecule has 0 aliphatic carbocycles. The summed E-state index contributed by atoms with van der Waals surface area (Å²) in [5.74, 6) is 0.146. The van der Waals surface area contributed by atoms with Crippen LogP contribution >= 0.6 is 11.6 Å². The van der Waals surface area contributed by atoms with E-state index in [4.69, 9.17) is 16.9 Å². The van der Waals surface area contributed by atoms with Gasteiger partial charge in [-0.3, -0.25) is 10.1 Å². The highest BCUT2D eigenvalue weighted by Gasteiger charge is 2.24. The molecule has 17 heavy (non-hydrogen) atoms. The van der Waals surface area contributed by atoms with E-state index in [0.29, 0.717) is 13.1 Å². The Balaban J connectivity index is 3.15. The summed E-state index contributed by atoms with van der Waals surface area (Å²) in [5.41, 5.74) is -0.325. The Bertz CT molecular complexity index is 459. The van der Waals surface area contributed by atoms with E-state index in [1.54, 1.807) is 4.90 Å². The molecule has 0 bridgehead atoms. The number of nitrogens with zero attached hydrogens (tertiary/aromatic N) is 5. The van der Waals surface area contributed by atoms with Crippen molar-refractivity contribution in [1.29, 1.82) is 5.26 Å². The predicted octanol–water partition coefficient (Wildman–Crippen LogP) is 1.78. The highest BCUT2D eigenvalue weighted by Crippen LogP contribution is 2.31. The van der Waals surface area contributed by atoms with Gasteiger partial charge >= 0.3 is 5.69 Å². The number of halogens is 1. The van der Waals surface area contributed by atoms with E-state index in [0.717, 1.165) is 0 Å². The van der Waals surface area contributed by atoms with Crippen LogP contribution in [0.1, 0.15) is 13.3 Å². The monoisotopic (exact) mass is 255 g/mol. The third-order valence-electron chi connectivity index (χ3n) is 2.12. The highest BCUT2D eigenvalue weighted by atomic mass is 35.5. The summed E-state index contributed by atoms with van der Waals surface area (Å²) >= 11 is 5.68. The summed E-state index contributed by atoms with van der Waals surface area (Å²) in [6, 6.07) is 1.98. The average molecular weight is 256 g/mol. The van der Waals surface area contributed by atoms with Crippen LogP contribution in [0.3, 0.4) is 0 Å². The van der Waals surface area contributed by atoms with Gasteiger partial charge in [0.25, 0.3) is 0 Å². The minimum Gasteiger partial charge on any atom is -0.350 e. The summed E-state index contributed by atoms with van der Waals surface area (Å²) < 4.78 is 0. The van der Waals surface area contributed by atoms with Crippen LogP contribution in [0.4, 0.5) is 11.5 Å². The molecule has 0 N–H and O–H groups in total. The van der Waals surface area contributed by atoms with Gasteiger partial charge in [-0.2, -0.15) is 5.26 Å². The normalized spacial score (nSPS) is 9.71. The van der Waals surface area contributed by atoms with Gasteiger partial charge in [-0.25, -0.2) is 9.97 Å². The molecule has 1 aromatic heterocycles. The molecule has 0 saturated carbocycles. The smallest absolute Gasteiger partial charge is 0.348 e. The molecule has 0 aromatic carbocycles. The lowest BCUT2D eigenvalue weighted by Gasteiger charge is -2.19. The molecule has 7 nitrogen and oxygen atoms in total. The van der Waals surface area contributed by atoms with Crippen LogP contribution in [-0.2, 0) is 0 Å². The summed E-state index contributed by atoms with van der Waals surface area (Å²) in [6.45, 7) is 2.67. The molecule has 0 spiro atoms. The van der Waals surface area contributed by atoms with Crippen LogP contribution in [0.5, 0.6) is 0 Å². The maximum absolute atomic E-state index is 10.9. The zero-order valence-corrected chi connectivity index (χ0v) is 9.89. The molecule has 0 aliphatic heterocycles. The zero-order chi connectivity index (χ0) is 12.8. The van der Waals surface area contributed by atoms with Gasteiger partial charge in [0.2, 0.25) is 11.0 Å². The minimum atomic E-state index is -0.618. The lowest BCUT2D eigenvalue weighted by atomic mass is 10.3. The lowest BCUT2D eigenvalue weighted by molar-refractivity contribution is -0.384. The Labute approximate surface area is 103 Å². The van der Waals surface area contributed by atoms with Crippen LogP contribution in [0, 0.1) is 21.4 Å². The van der Waals surface area contributed by atoms with Gasteiger partial charge in [-0.15, -0.1) is 0 Å². The molecule has 0 saturated heterocycles. The molecule has 1 aromatic rings. The van der Waals surface area contributed by atoms with Crippen LogP contribution < -0.4 is 4.90 Å². The molecule has 1 rings (SSSR count). The number of anilines is 1. The van der Waals surface area contributed by atoms with E-state index >= 15 is 0 Å². The third-order valence-corrected chi connectivity index (χ3v) is 2.39. The Hall–Kier alpha value is -1.94. The number of nitriles is 1. The average Bonchev–Trinajstić information content (AvgIpc) is 2.29. The van der Waals surface area contributed by atoms with E-state index in [9.17, 15) is 10.1 Å². The van der Waals surface area contributed by atoms with E-state index in [2.05, 4.69) is 9.97 Å². The van der Waals surface area contributed by atoms with Crippen molar-refractivity contribution in [2.75, 3.05) is 18.0 Å². The number of hydrogen-bond donors (Lipinski definition) is 0. The fourth-order valence-corrected chi connectivity index (χ4v) is 1.53. The van der Waals surface area contributed by atoms with Gasteiger partial charge in [0.1, 0.15) is 6.33 Å². The maximum atomic E-state index is 10.9. The highest BCUT2D eigenvalue weighted by molar-refractivity contribution is 6.31. The van der Waals surface area contributed by atoms with Gasteiger partial charge in [0.15, 0.2) is 0 Å². The number of nitro groups is 1. The summed E-state index contributed by atoms with van der Waals surface area (Å²) in [7, 11) is 0. The molecule has 90 valence electrons. The predicted molar refractivity (Wildman–Crippen MR) is 61.8 cm³/mol. The first-order chi connectivity index (χ1) is 8.11. The van der Waals surface area contributed by atoms with Crippen molar-refractivity contribution in [3.05, 3.63) is 21.6 Å². The SMILES string of the molecule is CCN(CCC#N)c1ncnc(Cl)c1[N+](=O)[O-]. The van der Waals surface area contributed by atoms with E-state index in [-0.39, 0.29) is 23.1 Å². The Morgan fingerprint density at radius 1 is 1.65 bits per heavy atom. The van der Waals surface area contributed by atoms with Gasteiger partial charge in [0, 0.05) is 13.1 Å². The molecular formula is C9H10ClN5O2. The molecule has 8 heteroatoms. The van der Waals surface area contributed by atoms with E-state index in [1.165, 1.54) is 6.33 Å². The first kappa shape index (κ1) is 13.1. The summed E-state index contributed by atoms with van der Waals surface area (Å²) in [4.78, 5) is 19.3. The second kappa shape index (κ2) is 5.96. The van der Waals surface area contributed by atoms with Crippen molar-refractivity contribution >= 4 is 23.1 Å². The molecule has 1 heterocycles. The van der Waals surface area contributed by atoms with Gasteiger partial charge in [-0.05, 0) is 6.92 Å². The Kier molecular flexibility index (Phi) is 4.60. The third kappa shape index (κ3) is 3.01. The number of hydrogen-bond acceptors (Lipinski definition) is 6. The van der Waals surface area contributed by atoms with Gasteiger partial charge in [0.05, 0.1) is 17.4 Å². The quantitative estimate of drug-likeness (QED) is 0.452. The second-order valence-electron chi connectivity index (χ2n) is 3.08. The van der Waals surface area contributed by atoms with Crippen LogP contribution in [0.15, 0.2) is 6.33 Å². The topological polar surface area (TPSA) is 96.0 Å². The van der Waals surface area contributed by atoms with Crippen LogP contribution in [0.25, 0.3) is 0 Å². The van der Waals surface area contributed by atoms with Crippen molar-refractivity contribution in [3.8, 4) is 6.07 Å². The maximum Gasteiger partial charge on any atom is 0.348 e. The number of aromatic nitrogens is 2. The summed E-state index contributed by atoms with van der Waals surface area (Å²) in [5, 5.41) is 19.2. The van der Waals surface area contributed by atoms with E-state index < -0.39 is 4.92 Å². The minimum absolute atomic E-state index is 0.146. The molecular weight excluding hydrogens is 246 g/mol. The van der Waals surface area contributed by atoms with Crippen molar-refractivity contribution < 1.29 is 4.92 Å².